The molecular weight excluding hydrogens is 244 g/mol. The molecule has 0 heterocycles. The van der Waals surface area contributed by atoms with E-state index in [-0.39, 0.29) is 16.7 Å². The number of carbonyl (C=O) groups excluding carboxylic acids is 1. The van der Waals surface area contributed by atoms with Crippen LogP contribution < -0.4 is 0 Å². The molecule has 1 nitrogen and oxygen atoms in total. The minimum absolute atomic E-state index is 0.177. The van der Waals surface area contributed by atoms with Gasteiger partial charge in [0.05, 0.1) is 0 Å². The van der Waals surface area contributed by atoms with Gasteiger partial charge in [-0.2, -0.15) is 0 Å². The van der Waals surface area contributed by atoms with Gasteiger partial charge >= 0.3 is 0 Å². The topological polar surface area (TPSA) is 17.1 Å². The molecule has 110 valence electrons. The highest BCUT2D eigenvalue weighted by Gasteiger charge is 2.38. The van der Waals surface area contributed by atoms with Crippen LogP contribution in [0.15, 0.2) is 24.3 Å². The van der Waals surface area contributed by atoms with Gasteiger partial charge in [0.1, 0.15) is 5.78 Å². The first-order valence-corrected chi connectivity index (χ1v) is 7.82. The molecule has 1 heteroatoms. The predicted molar refractivity (Wildman–Crippen MR) is 85.0 cm³/mol. The number of ketones is 1. The van der Waals surface area contributed by atoms with E-state index in [0.717, 1.165) is 12.0 Å². The van der Waals surface area contributed by atoms with Crippen molar-refractivity contribution in [2.45, 2.75) is 65.7 Å². The lowest BCUT2D eigenvalue weighted by Gasteiger charge is -2.25. The molecule has 1 atom stereocenters. The van der Waals surface area contributed by atoms with Crippen molar-refractivity contribution < 1.29 is 4.79 Å². The maximum atomic E-state index is 12.5. The summed E-state index contributed by atoms with van der Waals surface area (Å²) in [6.45, 7) is 11.1. The molecule has 1 unspecified atom stereocenters. The van der Waals surface area contributed by atoms with Crippen LogP contribution in [0.2, 0.25) is 0 Å². The second kappa shape index (κ2) is 5.35. The molecule has 0 radical (unpaired) electrons. The molecule has 0 N–H and O–H groups in total. The number of benzene rings is 1. The molecule has 1 aromatic carbocycles. The van der Waals surface area contributed by atoms with Gasteiger partial charge in [-0.15, -0.1) is 0 Å². The zero-order valence-corrected chi connectivity index (χ0v) is 13.6. The summed E-state index contributed by atoms with van der Waals surface area (Å²) in [5.74, 6) is 0.681. The second-order valence-corrected chi connectivity index (χ2v) is 8.02. The maximum absolute atomic E-state index is 12.5. The van der Waals surface area contributed by atoms with Crippen LogP contribution in [0.25, 0.3) is 0 Å². The van der Waals surface area contributed by atoms with Crippen molar-refractivity contribution in [3.63, 3.8) is 0 Å². The van der Waals surface area contributed by atoms with Crippen LogP contribution in [0.1, 0.15) is 65.0 Å². The molecule has 2 rings (SSSR count). The highest BCUT2D eigenvalue weighted by molar-refractivity contribution is 5.84. The van der Waals surface area contributed by atoms with E-state index in [1.165, 1.54) is 18.4 Å². The third-order valence-electron chi connectivity index (χ3n) is 4.84. The standard InChI is InChI=1S/C19H28O/c1-18(2,3)15-10-8-14(9-11-15)13-17(20)16-7-6-12-19(16,4)5/h8-11,16H,6-7,12-13H2,1-5H3. The summed E-state index contributed by atoms with van der Waals surface area (Å²) in [6.07, 6.45) is 4.06. The quantitative estimate of drug-likeness (QED) is 0.763. The van der Waals surface area contributed by atoms with Crippen LogP contribution in [0.5, 0.6) is 0 Å². The van der Waals surface area contributed by atoms with Crippen LogP contribution >= 0.6 is 0 Å². The van der Waals surface area contributed by atoms with Crippen molar-refractivity contribution in [3.8, 4) is 0 Å². The molecule has 0 bridgehead atoms. The van der Waals surface area contributed by atoms with Crippen molar-refractivity contribution >= 4 is 5.78 Å². The van der Waals surface area contributed by atoms with Gasteiger partial charge in [0, 0.05) is 12.3 Å². The lowest BCUT2D eigenvalue weighted by Crippen LogP contribution is -2.27. The second-order valence-electron chi connectivity index (χ2n) is 8.02. The summed E-state index contributed by atoms with van der Waals surface area (Å²) in [4.78, 5) is 12.5. The van der Waals surface area contributed by atoms with Crippen molar-refractivity contribution in [3.05, 3.63) is 35.4 Å². The Hall–Kier alpha value is -1.11. The molecule has 0 amide bonds. The van der Waals surface area contributed by atoms with E-state index >= 15 is 0 Å². The predicted octanol–water partition coefficient (Wildman–Crippen LogP) is 4.92. The van der Waals surface area contributed by atoms with Crippen LogP contribution in [-0.4, -0.2) is 5.78 Å². The number of carbonyl (C=O) groups is 1. The summed E-state index contributed by atoms with van der Waals surface area (Å²) in [5.41, 5.74) is 2.86. The number of rotatable bonds is 3. The fourth-order valence-electron chi connectivity index (χ4n) is 3.37. The van der Waals surface area contributed by atoms with E-state index in [2.05, 4.69) is 58.9 Å². The van der Waals surface area contributed by atoms with Gasteiger partial charge in [-0.25, -0.2) is 0 Å². The maximum Gasteiger partial charge on any atom is 0.140 e. The number of Topliss-reactive ketones (excluding diaryl/α,β-unsaturated/α-hetero) is 1. The van der Waals surface area contributed by atoms with Crippen LogP contribution in [0, 0.1) is 11.3 Å². The SMILES string of the molecule is CC(C)(C)c1ccc(CC(=O)C2CCCC2(C)C)cc1. The fraction of sp³-hybridized carbons (Fsp3) is 0.632. The third kappa shape index (κ3) is 3.31. The molecule has 1 aliphatic carbocycles. The summed E-state index contributed by atoms with van der Waals surface area (Å²) in [7, 11) is 0. The molecule has 20 heavy (non-hydrogen) atoms. The zero-order chi connectivity index (χ0) is 15.0. The Morgan fingerprint density at radius 1 is 1.20 bits per heavy atom. The molecule has 0 saturated heterocycles. The molecule has 0 aliphatic heterocycles. The molecule has 0 aromatic heterocycles. The lowest BCUT2D eigenvalue weighted by molar-refractivity contribution is -0.124. The third-order valence-corrected chi connectivity index (χ3v) is 4.84. The van der Waals surface area contributed by atoms with E-state index in [1.807, 2.05) is 0 Å². The van der Waals surface area contributed by atoms with E-state index in [1.54, 1.807) is 0 Å². The van der Waals surface area contributed by atoms with Crippen LogP contribution in [0.3, 0.4) is 0 Å². The van der Waals surface area contributed by atoms with Gasteiger partial charge < -0.3 is 0 Å². The monoisotopic (exact) mass is 272 g/mol. The minimum atomic E-state index is 0.177. The lowest BCUT2D eigenvalue weighted by atomic mass is 9.78. The molecule has 0 spiro atoms. The summed E-state index contributed by atoms with van der Waals surface area (Å²) in [5, 5.41) is 0. The first-order chi connectivity index (χ1) is 9.20. The van der Waals surface area contributed by atoms with Crippen molar-refractivity contribution in [1.82, 2.24) is 0 Å². The summed E-state index contributed by atoms with van der Waals surface area (Å²) >= 11 is 0. The van der Waals surface area contributed by atoms with Gasteiger partial charge in [-0.1, -0.05) is 65.3 Å². The number of hydrogen-bond acceptors (Lipinski definition) is 1. The minimum Gasteiger partial charge on any atom is -0.299 e. The largest absolute Gasteiger partial charge is 0.299 e. The van der Waals surface area contributed by atoms with E-state index in [9.17, 15) is 4.79 Å². The molecular formula is C19H28O. The Balaban J connectivity index is 2.05. The molecule has 1 fully saturated rings. The summed E-state index contributed by atoms with van der Waals surface area (Å²) < 4.78 is 0. The van der Waals surface area contributed by atoms with Crippen molar-refractivity contribution in [1.29, 1.82) is 0 Å². The van der Waals surface area contributed by atoms with Crippen molar-refractivity contribution in [2.24, 2.45) is 11.3 Å². The Bertz CT molecular complexity index is 473. The molecule has 1 aromatic rings. The van der Waals surface area contributed by atoms with Crippen molar-refractivity contribution in [2.75, 3.05) is 0 Å². The van der Waals surface area contributed by atoms with E-state index in [4.69, 9.17) is 0 Å². The molecule has 1 aliphatic rings. The normalized spacial score (nSPS) is 21.9. The Morgan fingerprint density at radius 2 is 1.80 bits per heavy atom. The Morgan fingerprint density at radius 3 is 2.25 bits per heavy atom. The zero-order valence-electron chi connectivity index (χ0n) is 13.6. The fourth-order valence-corrected chi connectivity index (χ4v) is 3.37. The van der Waals surface area contributed by atoms with Crippen LogP contribution in [0.4, 0.5) is 0 Å². The average Bonchev–Trinajstić information content (AvgIpc) is 2.68. The summed E-state index contributed by atoms with van der Waals surface area (Å²) in [6, 6.07) is 8.59. The number of hydrogen-bond donors (Lipinski definition) is 0. The average molecular weight is 272 g/mol. The van der Waals surface area contributed by atoms with Crippen LogP contribution in [-0.2, 0) is 16.6 Å². The Kier molecular flexibility index (Phi) is 4.09. The first kappa shape index (κ1) is 15.3. The van der Waals surface area contributed by atoms with E-state index in [0.29, 0.717) is 12.2 Å². The van der Waals surface area contributed by atoms with Gasteiger partial charge in [-0.05, 0) is 34.8 Å². The van der Waals surface area contributed by atoms with Gasteiger partial charge in [-0.3, -0.25) is 4.79 Å². The van der Waals surface area contributed by atoms with E-state index < -0.39 is 0 Å². The smallest absolute Gasteiger partial charge is 0.140 e. The highest BCUT2D eigenvalue weighted by Crippen LogP contribution is 2.43. The first-order valence-electron chi connectivity index (χ1n) is 7.82. The van der Waals surface area contributed by atoms with Gasteiger partial charge in [0.15, 0.2) is 0 Å². The highest BCUT2D eigenvalue weighted by atomic mass is 16.1. The van der Waals surface area contributed by atoms with Gasteiger partial charge in [0.25, 0.3) is 0 Å². The molecule has 1 saturated carbocycles. The Labute approximate surface area is 123 Å². The van der Waals surface area contributed by atoms with Gasteiger partial charge in [0.2, 0.25) is 0 Å².